The molecule has 0 atom stereocenters. The summed E-state index contributed by atoms with van der Waals surface area (Å²) in [5, 5.41) is 10.7. The van der Waals surface area contributed by atoms with Crippen molar-refractivity contribution in [1.29, 1.82) is 0 Å². The van der Waals surface area contributed by atoms with E-state index in [1.54, 1.807) is 19.1 Å². The molecule has 0 unspecified atom stereocenters. The average molecular weight is 425 g/mol. The number of fused-ring (bicyclic) bond motifs is 1. The molecule has 2 aromatic carbocycles. The van der Waals surface area contributed by atoms with Crippen molar-refractivity contribution in [3.05, 3.63) is 58.1 Å². The fourth-order valence-corrected chi connectivity index (χ4v) is 5.28. The van der Waals surface area contributed by atoms with Crippen LogP contribution in [0.3, 0.4) is 0 Å². The largest absolute Gasteiger partial charge is 0.280 e. The van der Waals surface area contributed by atoms with E-state index < -0.39 is 25.0 Å². The van der Waals surface area contributed by atoms with Crippen LogP contribution in [0.1, 0.15) is 18.9 Å². The number of benzene rings is 2. The Labute approximate surface area is 163 Å². The van der Waals surface area contributed by atoms with Gasteiger partial charge in [0.1, 0.15) is 0 Å². The van der Waals surface area contributed by atoms with Crippen molar-refractivity contribution in [2.75, 3.05) is 21.3 Å². The Morgan fingerprint density at radius 3 is 2.39 bits per heavy atom. The van der Waals surface area contributed by atoms with Gasteiger partial charge < -0.3 is 0 Å². The van der Waals surface area contributed by atoms with Gasteiger partial charge in [-0.3, -0.25) is 19.1 Å². The number of sulfonamides is 2. The molecule has 0 aliphatic carbocycles. The van der Waals surface area contributed by atoms with Crippen molar-refractivity contribution >= 4 is 37.1 Å². The molecule has 3 rings (SSSR count). The van der Waals surface area contributed by atoms with Gasteiger partial charge in [0.05, 0.1) is 21.3 Å². The van der Waals surface area contributed by atoms with Crippen LogP contribution in [0.2, 0.25) is 0 Å². The Bertz CT molecular complexity index is 1110. The van der Waals surface area contributed by atoms with Crippen molar-refractivity contribution in [2.45, 2.75) is 24.7 Å². The molecule has 28 heavy (non-hydrogen) atoms. The summed E-state index contributed by atoms with van der Waals surface area (Å²) in [5.41, 5.74) is 1.40. The maximum atomic E-state index is 12.5. The minimum absolute atomic E-state index is 0.0129. The monoisotopic (exact) mass is 425 g/mol. The Morgan fingerprint density at radius 1 is 1.11 bits per heavy atom. The summed E-state index contributed by atoms with van der Waals surface area (Å²) in [6.07, 6.45) is 1.28. The molecule has 0 spiro atoms. The zero-order chi connectivity index (χ0) is 20.5. The van der Waals surface area contributed by atoms with Gasteiger partial charge in [0.25, 0.3) is 15.7 Å². The van der Waals surface area contributed by atoms with Crippen molar-refractivity contribution in [1.82, 2.24) is 0 Å². The average Bonchev–Trinajstić information content (AvgIpc) is 2.67. The van der Waals surface area contributed by atoms with E-state index in [0.717, 1.165) is 29.8 Å². The van der Waals surface area contributed by atoms with E-state index in [-0.39, 0.29) is 16.3 Å². The molecule has 1 heterocycles. The number of aryl methyl sites for hydroxylation is 1. The molecule has 0 saturated heterocycles. The minimum atomic E-state index is -3.93. The summed E-state index contributed by atoms with van der Waals surface area (Å²) < 4.78 is 53.4. The van der Waals surface area contributed by atoms with Crippen LogP contribution in [0.5, 0.6) is 0 Å². The molecule has 0 amide bonds. The molecule has 150 valence electrons. The summed E-state index contributed by atoms with van der Waals surface area (Å²) in [7, 11) is -7.33. The molecule has 0 radical (unpaired) electrons. The lowest BCUT2D eigenvalue weighted by atomic mass is 10.0. The highest BCUT2D eigenvalue weighted by Crippen LogP contribution is 2.32. The standard InChI is InChI=1S/C17H19N3O6S2/c1-2-27(23,24)19-11-3-4-13-12-14(5-10-17(13)19)18-28(25,26)16-8-6-15(7-9-16)20(21)22/h5-10,12,18H,2-4,11H2,1H3. The number of rotatable bonds is 6. The molecule has 1 aliphatic heterocycles. The second-order valence-electron chi connectivity index (χ2n) is 6.28. The highest BCUT2D eigenvalue weighted by Gasteiger charge is 2.26. The molecule has 9 nitrogen and oxygen atoms in total. The van der Waals surface area contributed by atoms with Crippen LogP contribution in [0.15, 0.2) is 47.4 Å². The first-order chi connectivity index (χ1) is 13.1. The highest BCUT2D eigenvalue weighted by molar-refractivity contribution is 7.93. The first-order valence-corrected chi connectivity index (χ1v) is 11.6. The lowest BCUT2D eigenvalue weighted by Gasteiger charge is -2.30. The van der Waals surface area contributed by atoms with Crippen LogP contribution in [-0.4, -0.2) is 34.1 Å². The molecule has 1 N–H and O–H groups in total. The summed E-state index contributed by atoms with van der Waals surface area (Å²) in [6, 6.07) is 9.28. The van der Waals surface area contributed by atoms with E-state index in [2.05, 4.69) is 4.72 Å². The smallest absolute Gasteiger partial charge is 0.269 e. The van der Waals surface area contributed by atoms with Gasteiger partial charge in [0, 0.05) is 24.4 Å². The van der Waals surface area contributed by atoms with E-state index >= 15 is 0 Å². The summed E-state index contributed by atoms with van der Waals surface area (Å²) in [4.78, 5) is 9.99. The van der Waals surface area contributed by atoms with Gasteiger partial charge >= 0.3 is 0 Å². The Kier molecular flexibility index (Phi) is 5.31. The number of non-ortho nitro benzene ring substituents is 1. The van der Waals surface area contributed by atoms with Crippen molar-refractivity contribution < 1.29 is 21.8 Å². The summed E-state index contributed by atoms with van der Waals surface area (Å²) >= 11 is 0. The summed E-state index contributed by atoms with van der Waals surface area (Å²) in [6.45, 7) is 1.98. The third kappa shape index (κ3) is 3.94. The molecular formula is C17H19N3O6S2. The number of nitrogens with zero attached hydrogens (tertiary/aromatic N) is 2. The Balaban J connectivity index is 1.88. The van der Waals surface area contributed by atoms with Crippen molar-refractivity contribution in [3.8, 4) is 0 Å². The lowest BCUT2D eigenvalue weighted by Crippen LogP contribution is -2.36. The second-order valence-corrected chi connectivity index (χ2v) is 10.1. The number of nitrogens with one attached hydrogen (secondary N) is 1. The molecule has 0 aromatic heterocycles. The molecular weight excluding hydrogens is 406 g/mol. The number of nitro groups is 1. The molecule has 11 heteroatoms. The van der Waals surface area contributed by atoms with E-state index in [4.69, 9.17) is 0 Å². The molecule has 0 fully saturated rings. The zero-order valence-electron chi connectivity index (χ0n) is 15.0. The van der Waals surface area contributed by atoms with Crippen LogP contribution in [0, 0.1) is 10.1 Å². The van der Waals surface area contributed by atoms with Crippen molar-refractivity contribution in [3.63, 3.8) is 0 Å². The number of hydrogen-bond donors (Lipinski definition) is 1. The van der Waals surface area contributed by atoms with Crippen LogP contribution in [-0.2, 0) is 26.5 Å². The fourth-order valence-electron chi connectivity index (χ4n) is 3.03. The maximum Gasteiger partial charge on any atom is 0.269 e. The summed E-state index contributed by atoms with van der Waals surface area (Å²) in [5.74, 6) is -0.0129. The van der Waals surface area contributed by atoms with Gasteiger partial charge in [-0.25, -0.2) is 16.8 Å². The third-order valence-electron chi connectivity index (χ3n) is 4.47. The molecule has 1 aliphatic rings. The minimum Gasteiger partial charge on any atom is -0.280 e. The number of nitro benzene ring substituents is 1. The van der Waals surface area contributed by atoms with Gasteiger partial charge in [-0.05, 0) is 55.7 Å². The predicted octanol–water partition coefficient (Wildman–Crippen LogP) is 2.50. The van der Waals surface area contributed by atoms with Crippen LogP contribution < -0.4 is 9.03 Å². The quantitative estimate of drug-likeness (QED) is 0.560. The number of anilines is 2. The topological polar surface area (TPSA) is 127 Å². The molecule has 0 bridgehead atoms. The van der Waals surface area contributed by atoms with Crippen LogP contribution in [0.4, 0.5) is 17.1 Å². The van der Waals surface area contributed by atoms with Gasteiger partial charge in [-0.2, -0.15) is 0 Å². The Morgan fingerprint density at radius 2 is 1.79 bits per heavy atom. The number of hydrogen-bond acceptors (Lipinski definition) is 6. The maximum absolute atomic E-state index is 12.5. The van der Waals surface area contributed by atoms with Crippen LogP contribution >= 0.6 is 0 Å². The van der Waals surface area contributed by atoms with E-state index in [1.807, 2.05) is 0 Å². The van der Waals surface area contributed by atoms with E-state index in [0.29, 0.717) is 30.8 Å². The van der Waals surface area contributed by atoms with Gasteiger partial charge in [0.2, 0.25) is 10.0 Å². The van der Waals surface area contributed by atoms with Crippen molar-refractivity contribution in [2.24, 2.45) is 0 Å². The normalized spacial score (nSPS) is 14.4. The van der Waals surface area contributed by atoms with E-state index in [9.17, 15) is 26.9 Å². The Hall–Kier alpha value is -2.66. The van der Waals surface area contributed by atoms with Crippen LogP contribution in [0.25, 0.3) is 0 Å². The first-order valence-electron chi connectivity index (χ1n) is 8.54. The third-order valence-corrected chi connectivity index (χ3v) is 7.64. The second kappa shape index (κ2) is 7.40. The van der Waals surface area contributed by atoms with Gasteiger partial charge in [-0.15, -0.1) is 0 Å². The first kappa shape index (κ1) is 20.1. The van der Waals surface area contributed by atoms with E-state index in [1.165, 1.54) is 10.4 Å². The van der Waals surface area contributed by atoms with Gasteiger partial charge in [-0.1, -0.05) is 0 Å². The van der Waals surface area contributed by atoms with Gasteiger partial charge in [0.15, 0.2) is 0 Å². The fraction of sp³-hybridized carbons (Fsp3) is 0.294. The predicted molar refractivity (Wildman–Crippen MR) is 105 cm³/mol. The zero-order valence-corrected chi connectivity index (χ0v) is 16.7. The molecule has 2 aromatic rings. The SMILES string of the molecule is CCS(=O)(=O)N1CCCc2cc(NS(=O)(=O)c3ccc([N+](=O)[O-])cc3)ccc21. The highest BCUT2D eigenvalue weighted by atomic mass is 32.2. The molecule has 0 saturated carbocycles. The lowest BCUT2D eigenvalue weighted by molar-refractivity contribution is -0.384.